The standard InChI is InChI=1S/C6H11NO.CH4/c1-5(8)6-3-4-7(6)2;/h6H,3-4H2,1-2H3;1H4. The first kappa shape index (κ1) is 8.63. The van der Waals surface area contributed by atoms with Crippen LogP contribution in [0.4, 0.5) is 0 Å². The van der Waals surface area contributed by atoms with Gasteiger partial charge in [0.2, 0.25) is 0 Å². The molecule has 0 aromatic rings. The third kappa shape index (κ3) is 1.52. The van der Waals surface area contributed by atoms with Crippen LogP contribution in [-0.4, -0.2) is 30.3 Å². The van der Waals surface area contributed by atoms with Crippen molar-refractivity contribution in [1.82, 2.24) is 4.90 Å². The molecule has 9 heavy (non-hydrogen) atoms. The van der Waals surface area contributed by atoms with Crippen LogP contribution in [0.15, 0.2) is 0 Å². The van der Waals surface area contributed by atoms with Crippen molar-refractivity contribution in [3.05, 3.63) is 0 Å². The minimum atomic E-state index is 0. The number of hydrogen-bond acceptors (Lipinski definition) is 2. The van der Waals surface area contributed by atoms with Gasteiger partial charge in [0.25, 0.3) is 0 Å². The van der Waals surface area contributed by atoms with Crippen molar-refractivity contribution >= 4 is 5.78 Å². The normalized spacial score (nSPS) is 26.2. The number of carbonyl (C=O) groups excluding carboxylic acids is 1. The van der Waals surface area contributed by atoms with Gasteiger partial charge in [0.05, 0.1) is 6.04 Å². The number of likely N-dealkylation sites (N-methyl/N-ethyl adjacent to an activating group) is 1. The molecule has 0 amide bonds. The topological polar surface area (TPSA) is 20.3 Å². The predicted octanol–water partition coefficient (Wildman–Crippen LogP) is 0.916. The minimum Gasteiger partial charge on any atom is -0.298 e. The molecule has 0 aliphatic carbocycles. The van der Waals surface area contributed by atoms with Gasteiger partial charge in [-0.3, -0.25) is 9.69 Å². The molecule has 2 heteroatoms. The van der Waals surface area contributed by atoms with Gasteiger partial charge >= 0.3 is 0 Å². The van der Waals surface area contributed by atoms with Crippen LogP contribution in [-0.2, 0) is 4.79 Å². The first-order valence-electron chi connectivity index (χ1n) is 2.92. The SMILES string of the molecule is C.CC(=O)C1CCN1C. The first-order chi connectivity index (χ1) is 3.72. The Morgan fingerprint density at radius 3 is 2.22 bits per heavy atom. The van der Waals surface area contributed by atoms with E-state index in [4.69, 9.17) is 0 Å². The summed E-state index contributed by atoms with van der Waals surface area (Å²) in [6, 6.07) is 0.245. The molecule has 0 N–H and O–H groups in total. The lowest BCUT2D eigenvalue weighted by Crippen LogP contribution is -2.48. The van der Waals surface area contributed by atoms with E-state index in [0.717, 1.165) is 13.0 Å². The van der Waals surface area contributed by atoms with Gasteiger partial charge in [0, 0.05) is 6.54 Å². The Bertz CT molecular complexity index is 111. The lowest BCUT2D eigenvalue weighted by atomic mass is 10.0. The molecule has 1 heterocycles. The third-order valence-electron chi connectivity index (χ3n) is 1.76. The number of ketones is 1. The fourth-order valence-electron chi connectivity index (χ4n) is 1.03. The molecule has 0 saturated carbocycles. The van der Waals surface area contributed by atoms with E-state index < -0.39 is 0 Å². The van der Waals surface area contributed by atoms with E-state index in [0.29, 0.717) is 5.78 Å². The molecule has 0 bridgehead atoms. The van der Waals surface area contributed by atoms with Gasteiger partial charge in [-0.25, -0.2) is 0 Å². The second-order valence-electron chi connectivity index (χ2n) is 2.40. The molecule has 1 fully saturated rings. The molecule has 2 nitrogen and oxygen atoms in total. The lowest BCUT2D eigenvalue weighted by Gasteiger charge is -2.35. The fraction of sp³-hybridized carbons (Fsp3) is 0.857. The summed E-state index contributed by atoms with van der Waals surface area (Å²) in [7, 11) is 1.98. The van der Waals surface area contributed by atoms with Crippen LogP contribution in [0.1, 0.15) is 20.8 Å². The summed E-state index contributed by atoms with van der Waals surface area (Å²) in [5, 5.41) is 0. The molecule has 0 aromatic heterocycles. The number of hydrogen-bond donors (Lipinski definition) is 0. The summed E-state index contributed by atoms with van der Waals surface area (Å²) in [5.74, 6) is 0.304. The molecule has 1 aliphatic rings. The molecule has 1 saturated heterocycles. The Kier molecular flexibility index (Phi) is 2.85. The van der Waals surface area contributed by atoms with Crippen LogP contribution in [0.5, 0.6) is 0 Å². The van der Waals surface area contributed by atoms with Gasteiger partial charge in [0.1, 0.15) is 5.78 Å². The van der Waals surface area contributed by atoms with Crippen molar-refractivity contribution in [3.63, 3.8) is 0 Å². The van der Waals surface area contributed by atoms with Gasteiger partial charge in [-0.2, -0.15) is 0 Å². The number of nitrogens with zero attached hydrogens (tertiary/aromatic N) is 1. The highest BCUT2D eigenvalue weighted by Gasteiger charge is 2.27. The molecular weight excluding hydrogens is 114 g/mol. The van der Waals surface area contributed by atoms with Crippen molar-refractivity contribution in [1.29, 1.82) is 0 Å². The average molecular weight is 129 g/mol. The van der Waals surface area contributed by atoms with Gasteiger partial charge in [-0.1, -0.05) is 7.43 Å². The van der Waals surface area contributed by atoms with E-state index in [1.807, 2.05) is 7.05 Å². The number of Topliss-reactive ketones (excluding diaryl/α,β-unsaturated/α-hetero) is 1. The maximum absolute atomic E-state index is 10.6. The Hall–Kier alpha value is -0.370. The summed E-state index contributed by atoms with van der Waals surface area (Å²) < 4.78 is 0. The van der Waals surface area contributed by atoms with E-state index in [-0.39, 0.29) is 13.5 Å². The molecule has 1 aliphatic heterocycles. The van der Waals surface area contributed by atoms with Crippen molar-refractivity contribution in [3.8, 4) is 0 Å². The zero-order chi connectivity index (χ0) is 6.15. The van der Waals surface area contributed by atoms with Crippen LogP contribution in [0.25, 0.3) is 0 Å². The Labute approximate surface area is 56.9 Å². The summed E-state index contributed by atoms with van der Waals surface area (Å²) in [6.07, 6.45) is 1.06. The molecule has 0 spiro atoms. The fourth-order valence-corrected chi connectivity index (χ4v) is 1.03. The Morgan fingerprint density at radius 2 is 2.22 bits per heavy atom. The van der Waals surface area contributed by atoms with Crippen molar-refractivity contribution in [2.75, 3.05) is 13.6 Å². The van der Waals surface area contributed by atoms with Crippen LogP contribution >= 0.6 is 0 Å². The number of likely N-dealkylation sites (tertiary alicyclic amines) is 1. The quantitative estimate of drug-likeness (QED) is 0.524. The van der Waals surface area contributed by atoms with Crippen LogP contribution in [0.3, 0.4) is 0 Å². The van der Waals surface area contributed by atoms with Gasteiger partial charge in [-0.05, 0) is 20.4 Å². The monoisotopic (exact) mass is 129 g/mol. The molecule has 0 aromatic carbocycles. The number of carbonyl (C=O) groups is 1. The van der Waals surface area contributed by atoms with Crippen LogP contribution < -0.4 is 0 Å². The van der Waals surface area contributed by atoms with E-state index in [1.165, 1.54) is 0 Å². The second kappa shape index (κ2) is 2.97. The Morgan fingerprint density at radius 1 is 1.67 bits per heavy atom. The summed E-state index contributed by atoms with van der Waals surface area (Å²) >= 11 is 0. The number of rotatable bonds is 1. The average Bonchev–Trinajstić information content (AvgIpc) is 1.61. The van der Waals surface area contributed by atoms with Gasteiger partial charge in [-0.15, -0.1) is 0 Å². The minimum absolute atomic E-state index is 0. The van der Waals surface area contributed by atoms with Crippen LogP contribution in [0.2, 0.25) is 0 Å². The van der Waals surface area contributed by atoms with Crippen molar-refractivity contribution in [2.24, 2.45) is 0 Å². The molecule has 54 valence electrons. The Balaban J connectivity index is 0.000000640. The van der Waals surface area contributed by atoms with Gasteiger partial charge in [0.15, 0.2) is 0 Å². The van der Waals surface area contributed by atoms with E-state index >= 15 is 0 Å². The zero-order valence-corrected chi connectivity index (χ0v) is 5.35. The second-order valence-corrected chi connectivity index (χ2v) is 2.40. The molecule has 1 rings (SSSR count). The molecular formula is C7H15NO. The maximum Gasteiger partial charge on any atom is 0.146 e. The third-order valence-corrected chi connectivity index (χ3v) is 1.76. The molecule has 1 atom stereocenters. The summed E-state index contributed by atoms with van der Waals surface area (Å²) in [4.78, 5) is 12.7. The van der Waals surface area contributed by atoms with E-state index in [2.05, 4.69) is 4.90 Å². The highest BCUT2D eigenvalue weighted by atomic mass is 16.1. The molecule has 0 radical (unpaired) electrons. The lowest BCUT2D eigenvalue weighted by molar-refractivity contribution is -0.125. The maximum atomic E-state index is 10.6. The smallest absolute Gasteiger partial charge is 0.146 e. The highest BCUT2D eigenvalue weighted by Crippen LogP contribution is 2.13. The van der Waals surface area contributed by atoms with Crippen LogP contribution in [0, 0.1) is 0 Å². The molecule has 1 unspecified atom stereocenters. The largest absolute Gasteiger partial charge is 0.298 e. The van der Waals surface area contributed by atoms with Crippen molar-refractivity contribution in [2.45, 2.75) is 26.8 Å². The van der Waals surface area contributed by atoms with Crippen molar-refractivity contribution < 1.29 is 4.79 Å². The van der Waals surface area contributed by atoms with E-state index in [9.17, 15) is 4.79 Å². The zero-order valence-electron chi connectivity index (χ0n) is 5.35. The highest BCUT2D eigenvalue weighted by molar-refractivity contribution is 5.82. The van der Waals surface area contributed by atoms with Gasteiger partial charge < -0.3 is 0 Å². The summed E-state index contributed by atoms with van der Waals surface area (Å²) in [6.45, 7) is 2.74. The predicted molar refractivity (Wildman–Crippen MR) is 38.4 cm³/mol. The summed E-state index contributed by atoms with van der Waals surface area (Å²) in [5.41, 5.74) is 0. The first-order valence-corrected chi connectivity index (χ1v) is 2.92. The van der Waals surface area contributed by atoms with E-state index in [1.54, 1.807) is 6.92 Å².